The van der Waals surface area contributed by atoms with E-state index in [4.69, 9.17) is 63.2 Å². The van der Waals surface area contributed by atoms with Gasteiger partial charge in [-0.3, -0.25) is 0 Å². The highest BCUT2D eigenvalue weighted by atomic mass is 35.5. The van der Waals surface area contributed by atoms with Gasteiger partial charge >= 0.3 is 0 Å². The summed E-state index contributed by atoms with van der Waals surface area (Å²) in [4.78, 5) is 0. The van der Waals surface area contributed by atoms with Gasteiger partial charge in [-0.15, -0.1) is 34.8 Å². The lowest BCUT2D eigenvalue weighted by atomic mass is 10.1. The summed E-state index contributed by atoms with van der Waals surface area (Å²) in [6, 6.07) is 0. The summed E-state index contributed by atoms with van der Waals surface area (Å²) in [7, 11) is 0. The standard InChI is InChI=1S/C16H31Cl3O6/c1-16(25-13-12-22-7-4-19,14-23-10-8-20-5-2-17)15-24-11-9-21-6-3-18/h2-15H2,1H3. The monoisotopic (exact) mass is 424 g/mol. The predicted octanol–water partition coefficient (Wildman–Crippen LogP) is 2.56. The van der Waals surface area contributed by atoms with Gasteiger partial charge in [0.15, 0.2) is 0 Å². The van der Waals surface area contributed by atoms with Crippen LogP contribution in [-0.4, -0.2) is 95.9 Å². The molecule has 0 aliphatic heterocycles. The van der Waals surface area contributed by atoms with E-state index < -0.39 is 5.60 Å². The van der Waals surface area contributed by atoms with Crippen molar-refractivity contribution in [2.75, 3.05) is 90.3 Å². The van der Waals surface area contributed by atoms with E-state index in [2.05, 4.69) is 0 Å². The predicted molar refractivity (Wildman–Crippen MR) is 101 cm³/mol. The van der Waals surface area contributed by atoms with Crippen LogP contribution < -0.4 is 0 Å². The number of hydrogen-bond acceptors (Lipinski definition) is 6. The maximum Gasteiger partial charge on any atom is 0.112 e. The molecule has 6 nitrogen and oxygen atoms in total. The van der Waals surface area contributed by atoms with Crippen LogP contribution in [0, 0.1) is 0 Å². The molecule has 0 radical (unpaired) electrons. The van der Waals surface area contributed by atoms with Crippen LogP contribution in [0.1, 0.15) is 6.92 Å². The SMILES string of the molecule is CC(COCCOCCCl)(COCCOCCCl)OCCOCCCl. The number of ether oxygens (including phenoxy) is 6. The van der Waals surface area contributed by atoms with E-state index in [0.29, 0.717) is 90.3 Å². The smallest absolute Gasteiger partial charge is 0.112 e. The fraction of sp³-hybridized carbons (Fsp3) is 1.00. The van der Waals surface area contributed by atoms with Crippen molar-refractivity contribution in [3.8, 4) is 0 Å². The third-order valence-corrected chi connectivity index (χ3v) is 3.36. The molecular formula is C16H31Cl3O6. The first-order valence-electron chi connectivity index (χ1n) is 8.39. The lowest BCUT2D eigenvalue weighted by molar-refractivity contribution is -0.139. The molecule has 0 amide bonds. The third kappa shape index (κ3) is 17.8. The highest BCUT2D eigenvalue weighted by Gasteiger charge is 2.26. The molecule has 0 atom stereocenters. The van der Waals surface area contributed by atoms with Crippen molar-refractivity contribution in [2.24, 2.45) is 0 Å². The Hall–Kier alpha value is 0.630. The van der Waals surface area contributed by atoms with Crippen LogP contribution in [0.3, 0.4) is 0 Å². The zero-order valence-electron chi connectivity index (χ0n) is 15.0. The summed E-state index contributed by atoms with van der Waals surface area (Å²) in [5.74, 6) is 1.42. The van der Waals surface area contributed by atoms with E-state index in [1.165, 1.54) is 0 Å². The normalized spacial score (nSPS) is 12.0. The van der Waals surface area contributed by atoms with E-state index >= 15 is 0 Å². The lowest BCUT2D eigenvalue weighted by Gasteiger charge is -2.29. The van der Waals surface area contributed by atoms with Gasteiger partial charge < -0.3 is 28.4 Å². The first-order chi connectivity index (χ1) is 12.2. The van der Waals surface area contributed by atoms with E-state index in [1.54, 1.807) is 0 Å². The second-order valence-electron chi connectivity index (χ2n) is 5.31. The maximum atomic E-state index is 5.89. The Morgan fingerprint density at radius 2 is 0.880 bits per heavy atom. The van der Waals surface area contributed by atoms with Crippen LogP contribution in [-0.2, 0) is 28.4 Å². The molecule has 0 aromatic heterocycles. The van der Waals surface area contributed by atoms with Crippen LogP contribution in [0.5, 0.6) is 0 Å². The molecule has 152 valence electrons. The van der Waals surface area contributed by atoms with Crippen molar-refractivity contribution in [3.05, 3.63) is 0 Å². The fourth-order valence-electron chi connectivity index (χ4n) is 1.75. The molecule has 0 N–H and O–H groups in total. The summed E-state index contributed by atoms with van der Waals surface area (Å²) >= 11 is 16.7. The van der Waals surface area contributed by atoms with Gasteiger partial charge in [0, 0.05) is 17.6 Å². The lowest BCUT2D eigenvalue weighted by Crippen LogP contribution is -2.41. The molecule has 0 saturated carbocycles. The second-order valence-corrected chi connectivity index (χ2v) is 6.44. The van der Waals surface area contributed by atoms with Gasteiger partial charge in [-0.05, 0) is 6.92 Å². The second kappa shape index (κ2) is 19.4. The average Bonchev–Trinajstić information content (AvgIpc) is 2.61. The highest BCUT2D eigenvalue weighted by Crippen LogP contribution is 2.12. The fourth-order valence-corrected chi connectivity index (χ4v) is 2.08. The summed E-state index contributed by atoms with van der Waals surface area (Å²) in [5, 5.41) is 0. The first-order valence-corrected chi connectivity index (χ1v) is 9.99. The van der Waals surface area contributed by atoms with E-state index in [1.807, 2.05) is 6.92 Å². The highest BCUT2D eigenvalue weighted by molar-refractivity contribution is 6.18. The van der Waals surface area contributed by atoms with E-state index in [9.17, 15) is 0 Å². The Morgan fingerprint density at radius 1 is 0.520 bits per heavy atom. The molecule has 0 heterocycles. The van der Waals surface area contributed by atoms with Crippen molar-refractivity contribution < 1.29 is 28.4 Å². The zero-order chi connectivity index (χ0) is 18.6. The topological polar surface area (TPSA) is 55.4 Å². The summed E-state index contributed by atoms with van der Waals surface area (Å²) in [6.07, 6.45) is 0. The van der Waals surface area contributed by atoms with Gasteiger partial charge in [-0.25, -0.2) is 0 Å². The molecule has 0 aliphatic rings. The first kappa shape index (κ1) is 25.6. The quantitative estimate of drug-likeness (QED) is 0.221. The number of hydrogen-bond donors (Lipinski definition) is 0. The molecule has 9 heteroatoms. The molecule has 0 unspecified atom stereocenters. The van der Waals surface area contributed by atoms with Crippen LogP contribution in [0.4, 0.5) is 0 Å². The largest absolute Gasteiger partial charge is 0.378 e. The molecule has 0 aromatic rings. The maximum absolute atomic E-state index is 5.89. The Kier molecular flexibility index (Phi) is 19.9. The molecular weight excluding hydrogens is 395 g/mol. The van der Waals surface area contributed by atoms with Gasteiger partial charge in [0.05, 0.1) is 72.7 Å². The average molecular weight is 426 g/mol. The minimum absolute atomic E-state index is 0.384. The van der Waals surface area contributed by atoms with Crippen molar-refractivity contribution >= 4 is 34.8 Å². The van der Waals surface area contributed by atoms with E-state index in [0.717, 1.165) is 0 Å². The van der Waals surface area contributed by atoms with Crippen LogP contribution in [0.2, 0.25) is 0 Å². The molecule has 0 aliphatic carbocycles. The minimum Gasteiger partial charge on any atom is -0.378 e. The Balaban J connectivity index is 4.01. The minimum atomic E-state index is -0.580. The van der Waals surface area contributed by atoms with Gasteiger partial charge in [-0.2, -0.15) is 0 Å². The molecule has 0 fully saturated rings. The van der Waals surface area contributed by atoms with Gasteiger partial charge in [0.2, 0.25) is 0 Å². The van der Waals surface area contributed by atoms with Crippen LogP contribution in [0.15, 0.2) is 0 Å². The Morgan fingerprint density at radius 3 is 1.28 bits per heavy atom. The van der Waals surface area contributed by atoms with Crippen molar-refractivity contribution in [2.45, 2.75) is 12.5 Å². The molecule has 0 aromatic carbocycles. The Bertz CT molecular complexity index is 258. The third-order valence-electron chi connectivity index (χ3n) is 2.90. The molecule has 0 bridgehead atoms. The molecule has 0 rings (SSSR count). The van der Waals surface area contributed by atoms with Crippen LogP contribution >= 0.6 is 34.8 Å². The number of rotatable bonds is 20. The van der Waals surface area contributed by atoms with Crippen molar-refractivity contribution in [1.82, 2.24) is 0 Å². The van der Waals surface area contributed by atoms with Crippen molar-refractivity contribution in [1.29, 1.82) is 0 Å². The zero-order valence-corrected chi connectivity index (χ0v) is 17.3. The molecule has 0 spiro atoms. The number of alkyl halides is 3. The summed E-state index contributed by atoms with van der Waals surface area (Å²) < 4.78 is 33.0. The van der Waals surface area contributed by atoms with Gasteiger partial charge in [0.1, 0.15) is 5.60 Å². The van der Waals surface area contributed by atoms with Gasteiger partial charge in [0.25, 0.3) is 0 Å². The summed E-state index contributed by atoms with van der Waals surface area (Å²) in [6.45, 7) is 7.08. The molecule has 25 heavy (non-hydrogen) atoms. The van der Waals surface area contributed by atoms with Crippen molar-refractivity contribution in [3.63, 3.8) is 0 Å². The van der Waals surface area contributed by atoms with E-state index in [-0.39, 0.29) is 0 Å². The Labute approximate surface area is 166 Å². The molecule has 0 saturated heterocycles. The van der Waals surface area contributed by atoms with Gasteiger partial charge in [-0.1, -0.05) is 0 Å². The number of halogens is 3. The summed E-state index contributed by atoms with van der Waals surface area (Å²) in [5.41, 5.74) is -0.580. The van der Waals surface area contributed by atoms with Crippen LogP contribution in [0.25, 0.3) is 0 Å².